The van der Waals surface area contributed by atoms with E-state index in [4.69, 9.17) is 5.11 Å². The number of halogens is 8. The number of carbonyl (C=O) groups is 2. The molecule has 1 amide bonds. The van der Waals surface area contributed by atoms with Gasteiger partial charge in [-0.25, -0.2) is 32.0 Å². The van der Waals surface area contributed by atoms with Crippen LogP contribution in [0.5, 0.6) is 0 Å². The van der Waals surface area contributed by atoms with Crippen LogP contribution in [0, 0.1) is 11.7 Å². The molecule has 44 heavy (non-hydrogen) atoms. The number of hydrogen-bond acceptors (Lipinski definition) is 6. The van der Waals surface area contributed by atoms with Crippen molar-refractivity contribution in [1.29, 1.82) is 0 Å². The van der Waals surface area contributed by atoms with Crippen molar-refractivity contribution in [3.05, 3.63) is 88.8 Å². The minimum absolute atomic E-state index is 0.151. The molecule has 2 atom stereocenters. The third-order valence-corrected chi connectivity index (χ3v) is 10.5. The normalized spacial score (nSPS) is 20.6. The number of aromatic carboxylic acids is 1. The molecule has 8 nitrogen and oxygen atoms in total. The Hall–Kier alpha value is -4.15. The number of likely N-dealkylation sites (tertiary alicyclic amines) is 1. The molecule has 1 aromatic heterocycles. The molecule has 0 radical (unpaired) electrons. The van der Waals surface area contributed by atoms with Crippen molar-refractivity contribution in [2.45, 2.75) is 40.5 Å². The average Bonchev–Trinajstić information content (AvgIpc) is 3.37. The van der Waals surface area contributed by atoms with Crippen LogP contribution in [0.2, 0.25) is 0 Å². The van der Waals surface area contributed by atoms with Crippen molar-refractivity contribution < 1.29 is 58.2 Å². The largest absolute Gasteiger partial charge is 0.476 e. The molecule has 1 fully saturated rings. The summed E-state index contributed by atoms with van der Waals surface area (Å²) >= 11 is 0. The van der Waals surface area contributed by atoms with Crippen LogP contribution < -0.4 is 0 Å². The van der Waals surface area contributed by atoms with Gasteiger partial charge in [0, 0.05) is 24.6 Å². The number of aromatic nitrogens is 2. The molecule has 0 saturated carbocycles. The number of amides is 1. The first kappa shape index (κ1) is 31.3. The number of carboxylic acids is 1. The highest BCUT2D eigenvalue weighted by Gasteiger charge is 2.73. The molecule has 5 rings (SSSR count). The zero-order chi connectivity index (χ0) is 32.5. The van der Waals surface area contributed by atoms with Crippen molar-refractivity contribution in [2.75, 3.05) is 13.1 Å². The predicted molar refractivity (Wildman–Crippen MR) is 133 cm³/mol. The Labute approximate surface area is 243 Å². The highest BCUT2D eigenvalue weighted by atomic mass is 32.2. The Morgan fingerprint density at radius 3 is 2.05 bits per heavy atom. The monoisotopic (exact) mass is 649 g/mol. The van der Waals surface area contributed by atoms with Gasteiger partial charge >= 0.3 is 24.0 Å². The van der Waals surface area contributed by atoms with Crippen LogP contribution in [0.15, 0.2) is 59.8 Å². The molecule has 17 heteroatoms. The molecule has 2 unspecified atom stereocenters. The Morgan fingerprint density at radius 1 is 0.909 bits per heavy atom. The lowest BCUT2D eigenvalue weighted by molar-refractivity contribution is -0.348. The van der Waals surface area contributed by atoms with Crippen molar-refractivity contribution in [3.63, 3.8) is 0 Å². The van der Waals surface area contributed by atoms with Crippen molar-refractivity contribution in [1.82, 2.24) is 14.9 Å². The number of hydrogen-bond donors (Lipinski definition) is 1. The van der Waals surface area contributed by atoms with E-state index < -0.39 is 78.9 Å². The molecule has 1 N–H and O–H groups in total. The Kier molecular flexibility index (Phi) is 7.26. The summed E-state index contributed by atoms with van der Waals surface area (Å²) in [6.07, 6.45) is -11.6. The fourth-order valence-corrected chi connectivity index (χ4v) is 8.27. The summed E-state index contributed by atoms with van der Waals surface area (Å²) < 4.78 is 136. The lowest BCUT2D eigenvalue weighted by atomic mass is 9.75. The number of carbonyl (C=O) groups excluding carboxylic acids is 1. The number of benzene rings is 2. The first-order chi connectivity index (χ1) is 20.3. The summed E-state index contributed by atoms with van der Waals surface area (Å²) in [5, 5.41) is 9.03. The van der Waals surface area contributed by atoms with E-state index in [-0.39, 0.29) is 42.3 Å². The maximum Gasteiger partial charge on any atom is 0.435 e. The highest BCUT2D eigenvalue weighted by Crippen LogP contribution is 2.56. The first-order valence-electron chi connectivity index (χ1n) is 12.7. The van der Waals surface area contributed by atoms with Crippen LogP contribution in [-0.4, -0.2) is 65.7 Å². The zero-order valence-electron chi connectivity index (χ0n) is 22.0. The van der Waals surface area contributed by atoms with Crippen LogP contribution in [-0.2, 0) is 26.7 Å². The second-order valence-electron chi connectivity index (χ2n) is 10.4. The zero-order valence-corrected chi connectivity index (χ0v) is 22.8. The van der Waals surface area contributed by atoms with E-state index in [1.165, 1.54) is 0 Å². The lowest BCUT2D eigenvalue weighted by Crippen LogP contribution is -2.51. The summed E-state index contributed by atoms with van der Waals surface area (Å²) in [5.74, 6) is -4.08. The molecule has 2 aliphatic rings. The number of aryl methyl sites for hydroxylation is 1. The number of fused-ring (bicyclic) bond motifs is 3. The van der Waals surface area contributed by atoms with Gasteiger partial charge in [0.25, 0.3) is 5.91 Å². The second-order valence-corrected chi connectivity index (χ2v) is 12.6. The van der Waals surface area contributed by atoms with Crippen LogP contribution in [0.1, 0.15) is 44.1 Å². The van der Waals surface area contributed by atoms with Crippen LogP contribution in [0.25, 0.3) is 0 Å². The number of alkyl halides is 7. The molecule has 1 aliphatic heterocycles. The Balaban J connectivity index is 1.67. The second kappa shape index (κ2) is 10.2. The fraction of sp³-hybridized carbons (Fsp3) is 0.333. The van der Waals surface area contributed by atoms with Gasteiger partial charge in [-0.15, -0.1) is 0 Å². The third-order valence-electron chi connectivity index (χ3n) is 8.01. The smallest absolute Gasteiger partial charge is 0.435 e. The molecule has 0 bridgehead atoms. The molecular weight excluding hydrogens is 630 g/mol. The molecule has 1 aliphatic carbocycles. The Bertz CT molecular complexity index is 1730. The number of carboxylic acid groups (broad SMARTS) is 1. The summed E-state index contributed by atoms with van der Waals surface area (Å²) in [4.78, 5) is 32.4. The quantitative estimate of drug-likeness (QED) is 0.306. The molecule has 234 valence electrons. The molecule has 3 aromatic rings. The summed E-state index contributed by atoms with van der Waals surface area (Å²) in [5.41, 5.74) is -8.94. The van der Waals surface area contributed by atoms with Gasteiger partial charge in [-0.3, -0.25) is 4.79 Å². The molecule has 2 heterocycles. The van der Waals surface area contributed by atoms with Gasteiger partial charge in [-0.05, 0) is 48.2 Å². The van der Waals surface area contributed by atoms with Gasteiger partial charge < -0.3 is 10.0 Å². The van der Waals surface area contributed by atoms with E-state index in [2.05, 4.69) is 9.97 Å². The maximum absolute atomic E-state index is 14.9. The molecular formula is C27H19F8N3O5S. The van der Waals surface area contributed by atoms with Gasteiger partial charge in [0.2, 0.25) is 0 Å². The van der Waals surface area contributed by atoms with E-state index in [9.17, 15) is 53.1 Å². The Morgan fingerprint density at radius 2 is 1.50 bits per heavy atom. The van der Waals surface area contributed by atoms with Gasteiger partial charge in [-0.2, -0.15) is 26.3 Å². The van der Waals surface area contributed by atoms with Crippen molar-refractivity contribution in [2.24, 2.45) is 5.92 Å². The van der Waals surface area contributed by atoms with Crippen molar-refractivity contribution in [3.8, 4) is 0 Å². The summed E-state index contributed by atoms with van der Waals surface area (Å²) in [7, 11) is -4.67. The minimum atomic E-state index is -6.40. The van der Waals surface area contributed by atoms with E-state index in [0.29, 0.717) is 12.1 Å². The van der Waals surface area contributed by atoms with E-state index in [0.717, 1.165) is 41.6 Å². The van der Waals surface area contributed by atoms with Crippen LogP contribution in [0.3, 0.4) is 0 Å². The van der Waals surface area contributed by atoms with Crippen LogP contribution >= 0.6 is 0 Å². The van der Waals surface area contributed by atoms with Gasteiger partial charge in [0.15, 0.2) is 15.5 Å². The van der Waals surface area contributed by atoms with E-state index >= 15 is 0 Å². The van der Waals surface area contributed by atoms with Gasteiger partial charge in [-0.1, -0.05) is 18.2 Å². The first-order valence-corrected chi connectivity index (χ1v) is 14.1. The predicted octanol–water partition coefficient (Wildman–Crippen LogP) is 4.99. The van der Waals surface area contributed by atoms with E-state index in [1.54, 1.807) is 0 Å². The number of sulfone groups is 1. The molecule has 1 saturated heterocycles. The standard InChI is InChI=1S/C27H19F8N3O5S/c28-17-4-6-18(7-5-17)44(42,43)24-13-38(22(39)20-10-37-21(11-36-20)23(40)41)12-16(24)2-1-14-9-15(3-8-19(14)24)25(29,26(30,31)32)27(33,34)35/h3-11,16H,1-2,12-13H2,(H,40,41). The fourth-order valence-electron chi connectivity index (χ4n) is 5.90. The van der Waals surface area contributed by atoms with Gasteiger partial charge in [0.05, 0.1) is 17.3 Å². The topological polar surface area (TPSA) is 118 Å². The van der Waals surface area contributed by atoms with Crippen LogP contribution in [0.4, 0.5) is 35.1 Å². The van der Waals surface area contributed by atoms with E-state index in [1.807, 2.05) is 0 Å². The number of nitrogens with zero attached hydrogens (tertiary/aromatic N) is 3. The van der Waals surface area contributed by atoms with Crippen molar-refractivity contribution >= 4 is 21.7 Å². The van der Waals surface area contributed by atoms with Gasteiger partial charge in [0.1, 0.15) is 16.3 Å². The molecule has 2 aromatic carbocycles. The summed E-state index contributed by atoms with van der Waals surface area (Å²) in [6, 6.07) is 4.80. The minimum Gasteiger partial charge on any atom is -0.476 e. The third kappa shape index (κ3) is 4.59. The average molecular weight is 650 g/mol. The molecule has 0 spiro atoms. The summed E-state index contributed by atoms with van der Waals surface area (Å²) in [6.45, 7) is -0.925. The highest BCUT2D eigenvalue weighted by molar-refractivity contribution is 7.92. The SMILES string of the molecule is O=C(O)c1cnc(C(=O)N2CC3CCc4cc(C(F)(C(F)(F)F)C(F)(F)F)ccc4C3(S(=O)(=O)c3ccc(F)cc3)C2)cn1. The maximum atomic E-state index is 14.9. The number of rotatable bonds is 5. The lowest BCUT2D eigenvalue weighted by Gasteiger charge is -2.40.